The molecule has 1 aliphatic rings. The first-order valence-electron chi connectivity index (χ1n) is 10.2. The molecule has 0 radical (unpaired) electrons. The van der Waals surface area contributed by atoms with Crippen molar-refractivity contribution in [2.24, 2.45) is 0 Å². The van der Waals surface area contributed by atoms with E-state index in [1.54, 1.807) is 23.1 Å². The molecule has 1 aromatic carbocycles. The number of halogens is 3. The van der Waals surface area contributed by atoms with Crippen LogP contribution in [0.4, 0.5) is 13.2 Å². The van der Waals surface area contributed by atoms with Gasteiger partial charge < -0.3 is 9.64 Å². The maximum absolute atomic E-state index is 13.3. The van der Waals surface area contributed by atoms with E-state index in [-0.39, 0.29) is 29.3 Å². The van der Waals surface area contributed by atoms with Gasteiger partial charge in [0.1, 0.15) is 5.75 Å². The highest BCUT2D eigenvalue weighted by atomic mass is 32.2. The van der Waals surface area contributed by atoms with Gasteiger partial charge in [0.25, 0.3) is 5.91 Å². The highest BCUT2D eigenvalue weighted by Crippen LogP contribution is 2.32. The Morgan fingerprint density at radius 1 is 1.18 bits per heavy atom. The van der Waals surface area contributed by atoms with Gasteiger partial charge in [0, 0.05) is 36.5 Å². The molecule has 1 atom stereocenters. The number of ether oxygens (including phenoxy) is 1. The van der Waals surface area contributed by atoms with Gasteiger partial charge in [-0.15, -0.1) is 0 Å². The lowest BCUT2D eigenvalue weighted by Crippen LogP contribution is -2.33. The van der Waals surface area contributed by atoms with Gasteiger partial charge in [0.2, 0.25) is 0 Å². The molecule has 0 saturated heterocycles. The van der Waals surface area contributed by atoms with E-state index < -0.39 is 28.0 Å². The molecule has 0 N–H and O–H groups in total. The van der Waals surface area contributed by atoms with Gasteiger partial charge >= 0.3 is 6.18 Å². The highest BCUT2D eigenvalue weighted by molar-refractivity contribution is 7.90. The number of benzene rings is 1. The molecule has 12 heteroatoms. The molecule has 0 aliphatic carbocycles. The number of hydrogen-bond donors (Lipinski definition) is 0. The van der Waals surface area contributed by atoms with Crippen LogP contribution in [0.5, 0.6) is 5.75 Å². The van der Waals surface area contributed by atoms with Gasteiger partial charge in [-0.25, -0.2) is 13.1 Å². The van der Waals surface area contributed by atoms with Gasteiger partial charge in [0.15, 0.2) is 15.9 Å². The summed E-state index contributed by atoms with van der Waals surface area (Å²) in [6, 6.07) is 6.89. The lowest BCUT2D eigenvalue weighted by molar-refractivity contribution is -0.189. The van der Waals surface area contributed by atoms with Crippen LogP contribution in [0.25, 0.3) is 5.69 Å². The second kappa shape index (κ2) is 8.42. The number of sulfone groups is 1. The standard InChI is InChI=1S/C22H21F3N4O4S/c1-13-8-16(6-7-26-13)29-11-15-10-28(12-19(15)27-29)21(30)18-9-17(34(3,31)32)4-5-20(18)33-14(2)22(23,24)25/h4-9,11,14H,10,12H2,1-3H3. The third-order valence-electron chi connectivity index (χ3n) is 5.39. The number of aryl methyl sites for hydroxylation is 1. The summed E-state index contributed by atoms with van der Waals surface area (Å²) < 4.78 is 69.8. The number of pyridine rings is 1. The number of fused-ring (bicyclic) bond motifs is 1. The monoisotopic (exact) mass is 494 g/mol. The van der Waals surface area contributed by atoms with Crippen molar-refractivity contribution in [3.05, 3.63) is 65.2 Å². The second-order valence-electron chi connectivity index (χ2n) is 8.09. The van der Waals surface area contributed by atoms with Gasteiger partial charge in [-0.05, 0) is 44.2 Å². The molecule has 0 fully saturated rings. The fourth-order valence-electron chi connectivity index (χ4n) is 3.54. The number of amides is 1. The third kappa shape index (κ3) is 4.76. The summed E-state index contributed by atoms with van der Waals surface area (Å²) in [6.45, 7) is 2.94. The number of nitrogens with zero attached hydrogens (tertiary/aromatic N) is 4. The van der Waals surface area contributed by atoms with Crippen molar-refractivity contribution in [2.45, 2.75) is 44.1 Å². The maximum Gasteiger partial charge on any atom is 0.425 e. The molecule has 180 valence electrons. The minimum Gasteiger partial charge on any atom is -0.480 e. The van der Waals surface area contributed by atoms with Crippen LogP contribution in [0.15, 0.2) is 47.6 Å². The van der Waals surface area contributed by atoms with Crippen LogP contribution in [-0.4, -0.2) is 52.5 Å². The third-order valence-corrected chi connectivity index (χ3v) is 6.50. The molecule has 1 unspecified atom stereocenters. The van der Waals surface area contributed by atoms with E-state index in [4.69, 9.17) is 4.74 Å². The Morgan fingerprint density at radius 3 is 2.53 bits per heavy atom. The lowest BCUT2D eigenvalue weighted by atomic mass is 10.1. The topological polar surface area (TPSA) is 94.4 Å². The molecule has 3 heterocycles. The van der Waals surface area contributed by atoms with E-state index in [1.807, 2.05) is 13.0 Å². The van der Waals surface area contributed by atoms with Crippen LogP contribution in [0.1, 0.15) is 34.2 Å². The minimum atomic E-state index is -4.66. The smallest absolute Gasteiger partial charge is 0.425 e. The SMILES string of the molecule is Cc1cc(-n2cc3c(n2)CN(C(=O)c2cc(S(C)(=O)=O)ccc2OC(C)C(F)(F)F)C3)ccn1. The van der Waals surface area contributed by atoms with Crippen molar-refractivity contribution in [1.29, 1.82) is 0 Å². The van der Waals surface area contributed by atoms with Crippen LogP contribution < -0.4 is 4.74 Å². The highest BCUT2D eigenvalue weighted by Gasteiger charge is 2.39. The summed E-state index contributed by atoms with van der Waals surface area (Å²) >= 11 is 0. The molecule has 0 spiro atoms. The van der Waals surface area contributed by atoms with Gasteiger partial charge in [-0.2, -0.15) is 18.3 Å². The molecule has 1 amide bonds. The fourth-order valence-corrected chi connectivity index (χ4v) is 4.19. The van der Waals surface area contributed by atoms with Crippen LogP contribution >= 0.6 is 0 Å². The predicted octanol–water partition coefficient (Wildman–Crippen LogP) is 3.46. The van der Waals surface area contributed by atoms with Crippen molar-refractivity contribution in [2.75, 3.05) is 6.26 Å². The molecular formula is C22H21F3N4O4S. The quantitative estimate of drug-likeness (QED) is 0.539. The average molecular weight is 494 g/mol. The number of carbonyl (C=O) groups excluding carboxylic acids is 1. The first-order chi connectivity index (χ1) is 15.8. The largest absolute Gasteiger partial charge is 0.480 e. The molecule has 1 aliphatic heterocycles. The van der Waals surface area contributed by atoms with E-state index >= 15 is 0 Å². The average Bonchev–Trinajstić information content (AvgIpc) is 3.31. The number of hydrogen-bond acceptors (Lipinski definition) is 6. The van der Waals surface area contributed by atoms with Crippen molar-refractivity contribution >= 4 is 15.7 Å². The summed E-state index contributed by atoms with van der Waals surface area (Å²) in [6.07, 6.45) is -2.47. The Labute approximate surface area is 193 Å². The fraction of sp³-hybridized carbons (Fsp3) is 0.318. The first-order valence-corrected chi connectivity index (χ1v) is 12.1. The van der Waals surface area contributed by atoms with E-state index in [9.17, 15) is 26.4 Å². The molecule has 3 aromatic rings. The zero-order chi connectivity index (χ0) is 24.8. The Morgan fingerprint density at radius 2 is 1.91 bits per heavy atom. The van der Waals surface area contributed by atoms with Crippen molar-refractivity contribution in [3.63, 3.8) is 0 Å². The lowest BCUT2D eigenvalue weighted by Gasteiger charge is -2.22. The molecule has 34 heavy (non-hydrogen) atoms. The molecule has 2 aromatic heterocycles. The normalized spacial score (nSPS) is 14.7. The van der Waals surface area contributed by atoms with E-state index in [0.29, 0.717) is 5.69 Å². The second-order valence-corrected chi connectivity index (χ2v) is 10.1. The van der Waals surface area contributed by atoms with Crippen molar-refractivity contribution in [3.8, 4) is 11.4 Å². The maximum atomic E-state index is 13.3. The molecular weight excluding hydrogens is 473 g/mol. The number of alkyl halides is 3. The van der Waals surface area contributed by atoms with Gasteiger partial charge in [-0.3, -0.25) is 9.78 Å². The summed E-state index contributed by atoms with van der Waals surface area (Å²) in [5, 5.41) is 4.51. The summed E-state index contributed by atoms with van der Waals surface area (Å²) in [5.74, 6) is -0.997. The number of rotatable bonds is 5. The zero-order valence-corrected chi connectivity index (χ0v) is 19.3. The minimum absolute atomic E-state index is 0.114. The first kappa shape index (κ1) is 23.7. The summed E-state index contributed by atoms with van der Waals surface area (Å²) in [7, 11) is -3.71. The Hall–Kier alpha value is -3.41. The van der Waals surface area contributed by atoms with Gasteiger partial charge in [0.05, 0.1) is 28.4 Å². The van der Waals surface area contributed by atoms with Crippen molar-refractivity contribution in [1.82, 2.24) is 19.7 Å². The van der Waals surface area contributed by atoms with Crippen LogP contribution in [-0.2, 0) is 22.9 Å². The Balaban J connectivity index is 1.62. The number of aromatic nitrogens is 3. The van der Waals surface area contributed by atoms with E-state index in [1.165, 1.54) is 4.90 Å². The number of carbonyl (C=O) groups is 1. The molecule has 0 bridgehead atoms. The molecule has 4 rings (SSSR count). The summed E-state index contributed by atoms with van der Waals surface area (Å²) in [5.41, 5.74) is 2.76. The molecule has 0 saturated carbocycles. The van der Waals surface area contributed by atoms with Crippen LogP contribution in [0.2, 0.25) is 0 Å². The van der Waals surface area contributed by atoms with Crippen LogP contribution in [0, 0.1) is 6.92 Å². The van der Waals surface area contributed by atoms with Crippen molar-refractivity contribution < 1.29 is 31.1 Å². The Kier molecular flexibility index (Phi) is 5.88. The zero-order valence-electron chi connectivity index (χ0n) is 18.5. The van der Waals surface area contributed by atoms with E-state index in [0.717, 1.165) is 48.3 Å². The molecule has 8 nitrogen and oxygen atoms in total. The van der Waals surface area contributed by atoms with Gasteiger partial charge in [-0.1, -0.05) is 0 Å². The van der Waals surface area contributed by atoms with E-state index in [2.05, 4.69) is 10.1 Å². The predicted molar refractivity (Wildman–Crippen MR) is 115 cm³/mol. The summed E-state index contributed by atoms with van der Waals surface area (Å²) in [4.78, 5) is 18.6. The van der Waals surface area contributed by atoms with Crippen LogP contribution in [0.3, 0.4) is 0 Å². The Bertz CT molecular complexity index is 1350.